The van der Waals surface area contributed by atoms with Gasteiger partial charge in [0.25, 0.3) is 0 Å². The smallest absolute Gasteiger partial charge is 0.248 e. The molecule has 6 heteroatoms. The van der Waals surface area contributed by atoms with Gasteiger partial charge >= 0.3 is 0 Å². The molecule has 1 spiro atoms. The number of piperidine rings is 1. The zero-order valence-electron chi connectivity index (χ0n) is 17.6. The lowest BCUT2D eigenvalue weighted by atomic mass is 9.81. The Hall–Kier alpha value is -0.690. The van der Waals surface area contributed by atoms with Gasteiger partial charge in [0.2, 0.25) is 5.91 Å². The Labute approximate surface area is 165 Å². The van der Waals surface area contributed by atoms with Gasteiger partial charge < -0.3 is 19.3 Å². The highest BCUT2D eigenvalue weighted by Crippen LogP contribution is 2.37. The molecule has 3 fully saturated rings. The molecule has 0 aromatic rings. The van der Waals surface area contributed by atoms with Gasteiger partial charge in [0, 0.05) is 65.1 Å². The van der Waals surface area contributed by atoms with E-state index in [2.05, 4.69) is 23.6 Å². The number of hydrogen-bond acceptors (Lipinski definition) is 5. The lowest BCUT2D eigenvalue weighted by Crippen LogP contribution is -2.57. The first-order valence-electron chi connectivity index (χ1n) is 11.0. The number of piperazine rings is 1. The molecule has 0 saturated carbocycles. The van der Waals surface area contributed by atoms with Crippen molar-refractivity contribution in [3.05, 3.63) is 0 Å². The van der Waals surface area contributed by atoms with Crippen LogP contribution in [-0.2, 0) is 14.3 Å². The van der Waals surface area contributed by atoms with Crippen LogP contribution in [0.2, 0.25) is 0 Å². The van der Waals surface area contributed by atoms with Crippen molar-refractivity contribution in [2.45, 2.75) is 58.1 Å². The number of ether oxygens (including phenoxy) is 2. The van der Waals surface area contributed by atoms with E-state index in [9.17, 15) is 4.79 Å². The van der Waals surface area contributed by atoms with Gasteiger partial charge in [-0.2, -0.15) is 0 Å². The maximum atomic E-state index is 12.2. The van der Waals surface area contributed by atoms with Crippen molar-refractivity contribution in [2.24, 2.45) is 5.92 Å². The molecule has 27 heavy (non-hydrogen) atoms. The second-order valence-corrected chi connectivity index (χ2v) is 8.93. The van der Waals surface area contributed by atoms with Crippen molar-refractivity contribution in [3.63, 3.8) is 0 Å². The number of likely N-dealkylation sites (tertiary alicyclic amines) is 1. The number of amides is 1. The van der Waals surface area contributed by atoms with Gasteiger partial charge in [-0.05, 0) is 38.5 Å². The normalized spacial score (nSPS) is 27.4. The Morgan fingerprint density at radius 1 is 1.15 bits per heavy atom. The number of nitrogens with zero attached hydrogens (tertiary/aromatic N) is 3. The first-order chi connectivity index (χ1) is 13.0. The molecular formula is C21H39N3O3. The van der Waals surface area contributed by atoms with Gasteiger partial charge in [-0.1, -0.05) is 13.8 Å². The summed E-state index contributed by atoms with van der Waals surface area (Å²) in [5.74, 6) is 0.874. The van der Waals surface area contributed by atoms with Crippen molar-refractivity contribution >= 4 is 5.91 Å². The number of carbonyl (C=O) groups excluding carboxylic acids is 1. The van der Waals surface area contributed by atoms with Crippen LogP contribution in [0.3, 0.4) is 0 Å². The first kappa shape index (κ1) is 21.0. The highest BCUT2D eigenvalue weighted by molar-refractivity contribution is 5.77. The van der Waals surface area contributed by atoms with Crippen LogP contribution >= 0.6 is 0 Å². The average Bonchev–Trinajstić information content (AvgIpc) is 2.67. The lowest BCUT2D eigenvalue weighted by Gasteiger charge is -2.49. The summed E-state index contributed by atoms with van der Waals surface area (Å²) in [6.45, 7) is 15.8. The Morgan fingerprint density at radius 2 is 1.85 bits per heavy atom. The molecule has 1 atom stereocenters. The van der Waals surface area contributed by atoms with E-state index in [1.807, 2.05) is 11.8 Å². The molecule has 3 saturated heterocycles. The van der Waals surface area contributed by atoms with E-state index in [4.69, 9.17) is 9.47 Å². The SMILES string of the molecule is CCOCC(=O)N1CCC2(CC1)C[C@H](N1CCN(CC(C)C)CC1)CCO2. The summed E-state index contributed by atoms with van der Waals surface area (Å²) in [6.07, 6.45) is 4.22. The largest absolute Gasteiger partial charge is 0.375 e. The van der Waals surface area contributed by atoms with Crippen LogP contribution in [0, 0.1) is 5.92 Å². The molecule has 0 unspecified atom stereocenters. The molecule has 1 amide bonds. The molecule has 3 heterocycles. The van der Waals surface area contributed by atoms with Gasteiger partial charge in [0.05, 0.1) is 5.60 Å². The molecule has 6 nitrogen and oxygen atoms in total. The fraction of sp³-hybridized carbons (Fsp3) is 0.952. The topological polar surface area (TPSA) is 45.2 Å². The zero-order valence-corrected chi connectivity index (χ0v) is 17.6. The van der Waals surface area contributed by atoms with Crippen LogP contribution in [0.4, 0.5) is 0 Å². The first-order valence-corrected chi connectivity index (χ1v) is 11.0. The van der Waals surface area contributed by atoms with E-state index in [1.54, 1.807) is 0 Å². The molecule has 3 rings (SSSR count). The summed E-state index contributed by atoms with van der Waals surface area (Å²) in [4.78, 5) is 19.5. The van der Waals surface area contributed by atoms with Crippen molar-refractivity contribution in [1.29, 1.82) is 0 Å². The average molecular weight is 382 g/mol. The third-order valence-corrected chi connectivity index (χ3v) is 6.47. The summed E-state index contributed by atoms with van der Waals surface area (Å²) in [6, 6.07) is 0.644. The third kappa shape index (κ3) is 5.66. The van der Waals surface area contributed by atoms with E-state index in [1.165, 1.54) is 32.7 Å². The van der Waals surface area contributed by atoms with Crippen LogP contribution in [0.1, 0.15) is 46.5 Å². The summed E-state index contributed by atoms with van der Waals surface area (Å²) in [5, 5.41) is 0. The molecule has 0 aromatic carbocycles. The van der Waals surface area contributed by atoms with Gasteiger partial charge in [0.1, 0.15) is 6.61 Å². The van der Waals surface area contributed by atoms with E-state index >= 15 is 0 Å². The lowest BCUT2D eigenvalue weighted by molar-refractivity contribution is -0.153. The standard InChI is InChI=1S/C21H39N3O3/c1-4-26-17-20(25)24-8-6-21(7-9-24)15-19(5-14-27-21)23-12-10-22(11-13-23)16-18(2)3/h18-19H,4-17H2,1-3H3/t19-/m1/s1. The highest BCUT2D eigenvalue weighted by Gasteiger charge is 2.42. The molecule has 156 valence electrons. The second kappa shape index (κ2) is 9.68. The molecule has 0 bridgehead atoms. The highest BCUT2D eigenvalue weighted by atomic mass is 16.5. The molecule has 0 N–H and O–H groups in total. The van der Waals surface area contributed by atoms with Crippen LogP contribution < -0.4 is 0 Å². The van der Waals surface area contributed by atoms with Crippen LogP contribution in [0.5, 0.6) is 0 Å². The quantitative estimate of drug-likeness (QED) is 0.702. The molecule has 0 radical (unpaired) electrons. The van der Waals surface area contributed by atoms with Gasteiger partial charge in [-0.3, -0.25) is 9.69 Å². The van der Waals surface area contributed by atoms with E-state index in [0.717, 1.165) is 51.3 Å². The number of rotatable bonds is 6. The Kier molecular flexibility index (Phi) is 7.54. The van der Waals surface area contributed by atoms with E-state index < -0.39 is 0 Å². The second-order valence-electron chi connectivity index (χ2n) is 8.93. The molecule has 0 aromatic heterocycles. The fourth-order valence-corrected chi connectivity index (χ4v) is 4.93. The van der Waals surface area contributed by atoms with Crippen molar-refractivity contribution in [1.82, 2.24) is 14.7 Å². The molecule has 3 aliphatic rings. The van der Waals surface area contributed by atoms with Crippen LogP contribution in [-0.4, -0.2) is 97.9 Å². The van der Waals surface area contributed by atoms with E-state index in [0.29, 0.717) is 12.6 Å². The van der Waals surface area contributed by atoms with Gasteiger partial charge in [-0.25, -0.2) is 0 Å². The minimum Gasteiger partial charge on any atom is -0.375 e. The monoisotopic (exact) mass is 381 g/mol. The number of hydrogen-bond donors (Lipinski definition) is 0. The predicted octanol–water partition coefficient (Wildman–Crippen LogP) is 1.84. The third-order valence-electron chi connectivity index (χ3n) is 6.47. The maximum Gasteiger partial charge on any atom is 0.248 e. The van der Waals surface area contributed by atoms with Crippen LogP contribution in [0.25, 0.3) is 0 Å². The Bertz CT molecular complexity index is 469. The van der Waals surface area contributed by atoms with Crippen molar-refractivity contribution in [2.75, 3.05) is 65.6 Å². The van der Waals surface area contributed by atoms with Gasteiger partial charge in [0.15, 0.2) is 0 Å². The van der Waals surface area contributed by atoms with E-state index in [-0.39, 0.29) is 18.1 Å². The van der Waals surface area contributed by atoms with Crippen molar-refractivity contribution in [3.8, 4) is 0 Å². The molecule has 0 aliphatic carbocycles. The summed E-state index contributed by atoms with van der Waals surface area (Å²) in [7, 11) is 0. The summed E-state index contributed by atoms with van der Waals surface area (Å²) in [5.41, 5.74) is -0.0135. The van der Waals surface area contributed by atoms with Gasteiger partial charge in [-0.15, -0.1) is 0 Å². The molecule has 3 aliphatic heterocycles. The summed E-state index contributed by atoms with van der Waals surface area (Å²) >= 11 is 0. The summed E-state index contributed by atoms with van der Waals surface area (Å²) < 4.78 is 11.6. The Balaban J connectivity index is 1.47. The fourth-order valence-electron chi connectivity index (χ4n) is 4.93. The molecular weight excluding hydrogens is 342 g/mol. The predicted molar refractivity (Wildman–Crippen MR) is 107 cm³/mol. The minimum atomic E-state index is -0.0135. The minimum absolute atomic E-state index is 0.0135. The van der Waals surface area contributed by atoms with Crippen LogP contribution in [0.15, 0.2) is 0 Å². The zero-order chi connectivity index (χ0) is 19.3. The Morgan fingerprint density at radius 3 is 2.48 bits per heavy atom. The maximum absolute atomic E-state index is 12.2. The number of carbonyl (C=O) groups is 1. The van der Waals surface area contributed by atoms with Crippen molar-refractivity contribution < 1.29 is 14.3 Å².